The highest BCUT2D eigenvalue weighted by molar-refractivity contribution is 7.09. The summed E-state index contributed by atoms with van der Waals surface area (Å²) in [6.07, 6.45) is 3.78. The molecule has 0 amide bonds. The Morgan fingerprint density at radius 1 is 1.30 bits per heavy atom. The third-order valence-electron chi connectivity index (χ3n) is 3.38. The summed E-state index contributed by atoms with van der Waals surface area (Å²) in [7, 11) is 0. The molecule has 0 bridgehead atoms. The number of nitrogens with two attached hydrogens (primary N) is 1. The SMILES string of the molecule is CCC(N)Cc1cc(C)c(OCc2cncs2)c(C)c1. The van der Waals surface area contributed by atoms with E-state index in [-0.39, 0.29) is 6.04 Å². The lowest BCUT2D eigenvalue weighted by Gasteiger charge is -2.15. The molecule has 0 aliphatic carbocycles. The largest absolute Gasteiger partial charge is 0.487 e. The fourth-order valence-electron chi connectivity index (χ4n) is 2.29. The van der Waals surface area contributed by atoms with Crippen LogP contribution in [0, 0.1) is 13.8 Å². The Balaban J connectivity index is 2.10. The van der Waals surface area contributed by atoms with Gasteiger partial charge in [0, 0.05) is 12.2 Å². The number of rotatable bonds is 6. The van der Waals surface area contributed by atoms with E-state index in [1.807, 2.05) is 11.7 Å². The monoisotopic (exact) mass is 290 g/mol. The minimum Gasteiger partial charge on any atom is -0.487 e. The van der Waals surface area contributed by atoms with Crippen LogP contribution in [0.25, 0.3) is 0 Å². The van der Waals surface area contributed by atoms with E-state index in [1.165, 1.54) is 16.7 Å². The van der Waals surface area contributed by atoms with Gasteiger partial charge in [0.25, 0.3) is 0 Å². The van der Waals surface area contributed by atoms with E-state index in [9.17, 15) is 0 Å². The molecule has 20 heavy (non-hydrogen) atoms. The number of ether oxygens (including phenoxy) is 1. The molecule has 0 saturated carbocycles. The lowest BCUT2D eigenvalue weighted by molar-refractivity contribution is 0.305. The fraction of sp³-hybridized carbons (Fsp3) is 0.438. The maximum absolute atomic E-state index is 6.03. The van der Waals surface area contributed by atoms with Crippen molar-refractivity contribution in [2.75, 3.05) is 0 Å². The predicted octanol–water partition coefficient (Wildman–Crippen LogP) is 3.62. The average Bonchev–Trinajstić information content (AvgIpc) is 2.90. The van der Waals surface area contributed by atoms with Gasteiger partial charge in [-0.1, -0.05) is 19.1 Å². The smallest absolute Gasteiger partial charge is 0.125 e. The molecule has 1 aromatic carbocycles. The van der Waals surface area contributed by atoms with Gasteiger partial charge >= 0.3 is 0 Å². The normalized spacial score (nSPS) is 12.4. The van der Waals surface area contributed by atoms with Crippen molar-refractivity contribution >= 4 is 11.3 Å². The van der Waals surface area contributed by atoms with Gasteiger partial charge in [0.1, 0.15) is 12.4 Å². The number of nitrogens with zero attached hydrogens (tertiary/aromatic N) is 1. The Labute approximate surface area is 124 Å². The number of thiazole rings is 1. The number of hydrogen-bond donors (Lipinski definition) is 1. The van der Waals surface area contributed by atoms with Crippen LogP contribution in [0.15, 0.2) is 23.8 Å². The standard InChI is InChI=1S/C16H22N2OS/c1-4-14(17)7-13-5-11(2)16(12(3)6-13)19-9-15-8-18-10-20-15/h5-6,8,10,14H,4,7,9,17H2,1-3H3. The Morgan fingerprint density at radius 3 is 2.55 bits per heavy atom. The van der Waals surface area contributed by atoms with E-state index in [0.717, 1.165) is 23.5 Å². The van der Waals surface area contributed by atoms with E-state index in [4.69, 9.17) is 10.5 Å². The van der Waals surface area contributed by atoms with Crippen LogP contribution in [0.4, 0.5) is 0 Å². The maximum atomic E-state index is 6.03. The second-order valence-corrected chi connectivity index (χ2v) is 6.16. The van der Waals surface area contributed by atoms with Crippen molar-refractivity contribution in [3.63, 3.8) is 0 Å². The second kappa shape index (κ2) is 6.86. The van der Waals surface area contributed by atoms with E-state index >= 15 is 0 Å². The van der Waals surface area contributed by atoms with Crippen molar-refractivity contribution in [3.8, 4) is 5.75 Å². The fourth-order valence-corrected chi connectivity index (χ4v) is 2.80. The molecular formula is C16H22N2OS. The van der Waals surface area contributed by atoms with Crippen molar-refractivity contribution in [1.29, 1.82) is 0 Å². The highest BCUT2D eigenvalue weighted by Gasteiger charge is 2.09. The minimum absolute atomic E-state index is 0.234. The number of benzene rings is 1. The van der Waals surface area contributed by atoms with Crippen molar-refractivity contribution in [2.45, 2.75) is 46.3 Å². The van der Waals surface area contributed by atoms with Crippen LogP contribution in [0.3, 0.4) is 0 Å². The molecule has 4 heteroatoms. The number of aryl methyl sites for hydroxylation is 2. The van der Waals surface area contributed by atoms with Crippen LogP contribution >= 0.6 is 11.3 Å². The summed E-state index contributed by atoms with van der Waals surface area (Å²) in [4.78, 5) is 5.20. The van der Waals surface area contributed by atoms with Gasteiger partial charge < -0.3 is 10.5 Å². The van der Waals surface area contributed by atoms with Gasteiger partial charge in [-0.25, -0.2) is 0 Å². The minimum atomic E-state index is 0.234. The first-order valence-corrected chi connectivity index (χ1v) is 7.84. The van der Waals surface area contributed by atoms with Crippen molar-refractivity contribution in [2.24, 2.45) is 5.73 Å². The molecule has 0 aliphatic rings. The van der Waals surface area contributed by atoms with Gasteiger partial charge in [0.15, 0.2) is 0 Å². The maximum Gasteiger partial charge on any atom is 0.125 e. The predicted molar refractivity (Wildman–Crippen MR) is 84.3 cm³/mol. The van der Waals surface area contributed by atoms with E-state index in [1.54, 1.807) is 11.3 Å². The third kappa shape index (κ3) is 3.81. The Bertz CT molecular complexity index is 529. The van der Waals surface area contributed by atoms with Gasteiger partial charge in [0.2, 0.25) is 0 Å². The van der Waals surface area contributed by atoms with Crippen molar-refractivity contribution in [1.82, 2.24) is 4.98 Å². The average molecular weight is 290 g/mol. The van der Waals surface area contributed by atoms with Crippen molar-refractivity contribution in [3.05, 3.63) is 45.4 Å². The second-order valence-electron chi connectivity index (χ2n) is 5.19. The van der Waals surface area contributed by atoms with Gasteiger partial charge in [-0.2, -0.15) is 0 Å². The van der Waals surface area contributed by atoms with Crippen LogP contribution in [0.2, 0.25) is 0 Å². The molecule has 0 aliphatic heterocycles. The third-order valence-corrected chi connectivity index (χ3v) is 4.14. The highest BCUT2D eigenvalue weighted by Crippen LogP contribution is 2.26. The molecule has 2 N–H and O–H groups in total. The zero-order valence-corrected chi connectivity index (χ0v) is 13.2. The summed E-state index contributed by atoms with van der Waals surface area (Å²) < 4.78 is 5.94. The molecule has 1 heterocycles. The molecular weight excluding hydrogens is 268 g/mol. The van der Waals surface area contributed by atoms with Gasteiger partial charge in [0.05, 0.1) is 10.4 Å². The number of hydrogen-bond acceptors (Lipinski definition) is 4. The highest BCUT2D eigenvalue weighted by atomic mass is 32.1. The van der Waals surface area contributed by atoms with Gasteiger partial charge in [-0.3, -0.25) is 4.98 Å². The Hall–Kier alpha value is -1.39. The molecule has 0 spiro atoms. The van der Waals surface area contributed by atoms with E-state index in [0.29, 0.717) is 6.61 Å². The van der Waals surface area contributed by atoms with Crippen LogP contribution in [-0.4, -0.2) is 11.0 Å². The summed E-state index contributed by atoms with van der Waals surface area (Å²) in [6, 6.07) is 4.60. The molecule has 2 rings (SSSR count). The van der Waals surface area contributed by atoms with Gasteiger partial charge in [-0.05, 0) is 43.4 Å². The molecule has 3 nitrogen and oxygen atoms in total. The lowest BCUT2D eigenvalue weighted by Crippen LogP contribution is -2.21. The molecule has 0 radical (unpaired) electrons. The zero-order valence-electron chi connectivity index (χ0n) is 12.3. The Kier molecular flexibility index (Phi) is 5.15. The van der Waals surface area contributed by atoms with E-state index in [2.05, 4.69) is 37.9 Å². The molecule has 0 saturated heterocycles. The summed E-state index contributed by atoms with van der Waals surface area (Å²) >= 11 is 1.62. The summed E-state index contributed by atoms with van der Waals surface area (Å²) in [6.45, 7) is 6.89. The quantitative estimate of drug-likeness (QED) is 0.884. The molecule has 1 unspecified atom stereocenters. The van der Waals surface area contributed by atoms with Crippen LogP contribution in [0.5, 0.6) is 5.75 Å². The van der Waals surface area contributed by atoms with E-state index < -0.39 is 0 Å². The van der Waals surface area contributed by atoms with Crippen LogP contribution in [0.1, 0.15) is 34.9 Å². The van der Waals surface area contributed by atoms with Gasteiger partial charge in [-0.15, -0.1) is 11.3 Å². The van der Waals surface area contributed by atoms with Crippen LogP contribution in [-0.2, 0) is 13.0 Å². The van der Waals surface area contributed by atoms with Crippen LogP contribution < -0.4 is 10.5 Å². The first-order chi connectivity index (χ1) is 9.60. The first-order valence-electron chi connectivity index (χ1n) is 6.96. The topological polar surface area (TPSA) is 48.1 Å². The summed E-state index contributed by atoms with van der Waals surface area (Å²) in [5.74, 6) is 0.979. The summed E-state index contributed by atoms with van der Waals surface area (Å²) in [5, 5.41) is 0. The molecule has 2 aromatic rings. The Morgan fingerprint density at radius 2 is 2.00 bits per heavy atom. The number of aromatic nitrogens is 1. The van der Waals surface area contributed by atoms with Crippen molar-refractivity contribution < 1.29 is 4.74 Å². The summed E-state index contributed by atoms with van der Waals surface area (Å²) in [5.41, 5.74) is 11.5. The molecule has 0 fully saturated rings. The molecule has 1 atom stereocenters. The lowest BCUT2D eigenvalue weighted by atomic mass is 9.99. The zero-order chi connectivity index (χ0) is 14.5. The first kappa shape index (κ1) is 15.0. The molecule has 108 valence electrons. The molecule has 1 aromatic heterocycles.